The third-order valence-electron chi connectivity index (χ3n) is 5.03. The van der Waals surface area contributed by atoms with E-state index in [9.17, 15) is 9.59 Å². The number of ether oxygens (including phenoxy) is 3. The van der Waals surface area contributed by atoms with E-state index in [1.807, 2.05) is 87.5 Å². The van der Waals surface area contributed by atoms with Crippen LogP contribution in [0.15, 0.2) is 72.8 Å². The first-order valence-electron chi connectivity index (χ1n) is 12.2. The number of carbonyl (C=O) groups excluding carboxylic acids is 2. The standard InChI is InChI=1S/C29H33NO5.CH4O/c1-5-33-27(31)18-25-12-6-7-15-26(25)34-20-22-11-9-14-24(17-22)23-13-8-10-21(16-23)19-30-28(32)35-29(2,3)4;1-2/h6-17H,5,18-20H2,1-4H3,(H,30,32);2H,1H3. The van der Waals surface area contributed by atoms with Crippen molar-refractivity contribution < 1.29 is 28.9 Å². The van der Waals surface area contributed by atoms with Crippen molar-refractivity contribution in [1.82, 2.24) is 5.32 Å². The molecule has 0 atom stereocenters. The van der Waals surface area contributed by atoms with Gasteiger partial charge >= 0.3 is 12.1 Å². The number of benzene rings is 3. The van der Waals surface area contributed by atoms with Crippen molar-refractivity contribution in [3.05, 3.63) is 89.5 Å². The molecule has 0 saturated carbocycles. The molecule has 3 aromatic carbocycles. The zero-order valence-electron chi connectivity index (χ0n) is 22.2. The molecule has 0 aliphatic rings. The average Bonchev–Trinajstić information content (AvgIpc) is 2.88. The smallest absolute Gasteiger partial charge is 0.407 e. The summed E-state index contributed by atoms with van der Waals surface area (Å²) in [6.07, 6.45) is -0.265. The van der Waals surface area contributed by atoms with Crippen LogP contribution in [-0.2, 0) is 33.8 Å². The van der Waals surface area contributed by atoms with Gasteiger partial charge in [-0.3, -0.25) is 4.79 Å². The van der Waals surface area contributed by atoms with Gasteiger partial charge in [0.15, 0.2) is 0 Å². The summed E-state index contributed by atoms with van der Waals surface area (Å²) in [5, 5.41) is 9.80. The molecule has 1 amide bonds. The highest BCUT2D eigenvalue weighted by Gasteiger charge is 2.15. The molecule has 37 heavy (non-hydrogen) atoms. The Morgan fingerprint density at radius 2 is 1.49 bits per heavy atom. The van der Waals surface area contributed by atoms with Gasteiger partial charge in [-0.2, -0.15) is 0 Å². The molecule has 3 rings (SSSR count). The molecule has 0 spiro atoms. The van der Waals surface area contributed by atoms with E-state index in [4.69, 9.17) is 19.3 Å². The molecular formula is C30H37NO6. The van der Waals surface area contributed by atoms with Crippen molar-refractivity contribution in [3.8, 4) is 16.9 Å². The van der Waals surface area contributed by atoms with Crippen molar-refractivity contribution in [1.29, 1.82) is 0 Å². The van der Waals surface area contributed by atoms with Crippen LogP contribution in [0.1, 0.15) is 44.4 Å². The normalized spacial score (nSPS) is 10.5. The van der Waals surface area contributed by atoms with E-state index in [0.717, 1.165) is 34.9 Å². The van der Waals surface area contributed by atoms with E-state index < -0.39 is 11.7 Å². The molecule has 0 aromatic heterocycles. The summed E-state index contributed by atoms with van der Waals surface area (Å²) in [6, 6.07) is 23.6. The fourth-order valence-electron chi connectivity index (χ4n) is 3.51. The molecular weight excluding hydrogens is 470 g/mol. The van der Waals surface area contributed by atoms with Gasteiger partial charge in [-0.05, 0) is 68.1 Å². The molecule has 0 fully saturated rings. The van der Waals surface area contributed by atoms with Crippen molar-refractivity contribution >= 4 is 12.1 Å². The highest BCUT2D eigenvalue weighted by Crippen LogP contribution is 2.24. The van der Waals surface area contributed by atoms with Gasteiger partial charge in [-0.25, -0.2) is 4.79 Å². The lowest BCUT2D eigenvalue weighted by Gasteiger charge is -2.19. The minimum atomic E-state index is -0.534. The Morgan fingerprint density at radius 1 is 0.865 bits per heavy atom. The molecule has 7 nitrogen and oxygen atoms in total. The maximum atomic E-state index is 12.0. The van der Waals surface area contributed by atoms with Crippen LogP contribution in [-0.4, -0.2) is 36.5 Å². The third-order valence-corrected chi connectivity index (χ3v) is 5.03. The maximum Gasteiger partial charge on any atom is 0.407 e. The molecule has 198 valence electrons. The van der Waals surface area contributed by atoms with Gasteiger partial charge in [0.05, 0.1) is 13.0 Å². The largest absolute Gasteiger partial charge is 0.489 e. The van der Waals surface area contributed by atoms with E-state index >= 15 is 0 Å². The van der Waals surface area contributed by atoms with Crippen molar-refractivity contribution in [2.75, 3.05) is 13.7 Å². The monoisotopic (exact) mass is 507 g/mol. The first kappa shape index (κ1) is 29.4. The minimum absolute atomic E-state index is 0.175. The van der Waals surface area contributed by atoms with Crippen LogP contribution >= 0.6 is 0 Å². The molecule has 3 aromatic rings. The first-order valence-corrected chi connectivity index (χ1v) is 12.2. The van der Waals surface area contributed by atoms with Crippen molar-refractivity contribution in [2.45, 2.75) is 52.9 Å². The van der Waals surface area contributed by atoms with Gasteiger partial charge in [0, 0.05) is 19.2 Å². The summed E-state index contributed by atoms with van der Waals surface area (Å²) in [5.41, 5.74) is 4.33. The summed E-state index contributed by atoms with van der Waals surface area (Å²) < 4.78 is 16.4. The zero-order valence-corrected chi connectivity index (χ0v) is 22.2. The molecule has 0 saturated heterocycles. The number of amides is 1. The Hall–Kier alpha value is -3.84. The summed E-state index contributed by atoms with van der Waals surface area (Å²) in [4.78, 5) is 23.9. The number of nitrogens with one attached hydrogen (secondary N) is 1. The quantitative estimate of drug-likeness (QED) is 0.363. The molecule has 0 radical (unpaired) electrons. The third kappa shape index (κ3) is 10.4. The molecule has 2 N–H and O–H groups in total. The minimum Gasteiger partial charge on any atom is -0.489 e. The number of hydrogen-bond donors (Lipinski definition) is 2. The van der Waals surface area contributed by atoms with E-state index in [2.05, 4.69) is 11.4 Å². The fraction of sp³-hybridized carbons (Fsp3) is 0.333. The molecule has 7 heteroatoms. The number of alkyl carbamates (subject to hydrolysis) is 1. The van der Waals surface area contributed by atoms with Gasteiger partial charge in [0.1, 0.15) is 18.0 Å². The lowest BCUT2D eigenvalue weighted by Crippen LogP contribution is -2.32. The number of para-hydroxylation sites is 1. The van der Waals surface area contributed by atoms with E-state index in [0.29, 0.717) is 25.5 Å². The number of aliphatic hydroxyl groups is 1. The topological polar surface area (TPSA) is 94.1 Å². The molecule has 0 aliphatic carbocycles. The van der Waals surface area contributed by atoms with Crippen LogP contribution in [0.2, 0.25) is 0 Å². The number of esters is 1. The number of carbonyl (C=O) groups is 2. The number of aliphatic hydroxyl groups excluding tert-OH is 1. The predicted molar refractivity (Wildman–Crippen MR) is 144 cm³/mol. The van der Waals surface area contributed by atoms with Crippen LogP contribution in [0.3, 0.4) is 0 Å². The SMILES string of the molecule is CCOC(=O)Cc1ccccc1OCc1cccc(-c2cccc(CNC(=O)OC(C)(C)C)c2)c1.CO. The Labute approximate surface area is 219 Å². The number of rotatable bonds is 9. The van der Waals surface area contributed by atoms with Crippen LogP contribution < -0.4 is 10.1 Å². The van der Waals surface area contributed by atoms with Gasteiger partial charge in [-0.1, -0.05) is 54.6 Å². The summed E-state index contributed by atoms with van der Waals surface area (Å²) in [6.45, 7) is 8.40. The maximum absolute atomic E-state index is 12.0. The van der Waals surface area contributed by atoms with Crippen molar-refractivity contribution in [2.24, 2.45) is 0 Å². The highest BCUT2D eigenvalue weighted by molar-refractivity contribution is 5.73. The van der Waals surface area contributed by atoms with Gasteiger partial charge < -0.3 is 24.6 Å². The predicted octanol–water partition coefficient (Wildman–Crippen LogP) is 5.67. The second kappa shape index (κ2) is 14.7. The van der Waals surface area contributed by atoms with Gasteiger partial charge in [-0.15, -0.1) is 0 Å². The Balaban J connectivity index is 0.00000235. The summed E-state index contributed by atoms with van der Waals surface area (Å²) in [5.74, 6) is 0.396. The van der Waals surface area contributed by atoms with Crippen LogP contribution in [0.4, 0.5) is 4.79 Å². The molecule has 0 aliphatic heterocycles. The fourth-order valence-corrected chi connectivity index (χ4v) is 3.51. The van der Waals surface area contributed by atoms with Crippen molar-refractivity contribution in [3.63, 3.8) is 0 Å². The first-order chi connectivity index (χ1) is 17.7. The second-order valence-corrected chi connectivity index (χ2v) is 9.13. The Kier molecular flexibility index (Phi) is 11.6. The summed E-state index contributed by atoms with van der Waals surface area (Å²) >= 11 is 0. The van der Waals surface area contributed by atoms with E-state index in [1.165, 1.54) is 0 Å². The zero-order chi connectivity index (χ0) is 27.3. The average molecular weight is 508 g/mol. The number of hydrogen-bond acceptors (Lipinski definition) is 6. The second-order valence-electron chi connectivity index (χ2n) is 9.13. The van der Waals surface area contributed by atoms with Gasteiger partial charge in [0.25, 0.3) is 0 Å². The van der Waals surface area contributed by atoms with E-state index in [-0.39, 0.29) is 12.4 Å². The van der Waals surface area contributed by atoms with Crippen LogP contribution in [0.5, 0.6) is 5.75 Å². The Morgan fingerprint density at radius 3 is 2.14 bits per heavy atom. The summed E-state index contributed by atoms with van der Waals surface area (Å²) in [7, 11) is 1.00. The van der Waals surface area contributed by atoms with Crippen LogP contribution in [0, 0.1) is 0 Å². The lowest BCUT2D eigenvalue weighted by molar-refractivity contribution is -0.142. The van der Waals surface area contributed by atoms with Gasteiger partial charge in [0.2, 0.25) is 0 Å². The van der Waals surface area contributed by atoms with E-state index in [1.54, 1.807) is 6.92 Å². The molecule has 0 heterocycles. The lowest BCUT2D eigenvalue weighted by atomic mass is 10.0. The highest BCUT2D eigenvalue weighted by atomic mass is 16.6. The van der Waals surface area contributed by atoms with Crippen LogP contribution in [0.25, 0.3) is 11.1 Å². The Bertz CT molecular complexity index is 1150. The molecule has 0 bridgehead atoms. The molecule has 0 unspecified atom stereocenters.